The van der Waals surface area contributed by atoms with E-state index in [1.807, 2.05) is 18.2 Å². The van der Waals surface area contributed by atoms with Crippen molar-refractivity contribution in [3.05, 3.63) is 65.5 Å². The molecule has 3 aliphatic heterocycles. The van der Waals surface area contributed by atoms with E-state index >= 15 is 0 Å². The Bertz CT molecular complexity index is 875. The van der Waals surface area contributed by atoms with Gasteiger partial charge in [-0.05, 0) is 37.1 Å². The number of rotatable bonds is 3. The van der Waals surface area contributed by atoms with Gasteiger partial charge >= 0.3 is 0 Å². The second kappa shape index (κ2) is 7.06. The van der Waals surface area contributed by atoms with E-state index in [0.29, 0.717) is 25.6 Å². The molecule has 2 bridgehead atoms. The maximum absolute atomic E-state index is 14.0. The van der Waals surface area contributed by atoms with Gasteiger partial charge in [0, 0.05) is 31.4 Å². The number of amides is 2. The number of nitrogens with zero attached hydrogens (tertiary/aromatic N) is 3. The molecule has 5 nitrogen and oxygen atoms in total. The molecule has 3 fully saturated rings. The molecule has 0 N–H and O–H groups in total. The average Bonchev–Trinajstić information content (AvgIpc) is 2.95. The van der Waals surface area contributed by atoms with Crippen LogP contribution in [0.3, 0.4) is 0 Å². The zero-order valence-corrected chi connectivity index (χ0v) is 14.6. The quantitative estimate of drug-likeness (QED) is 0.834. The number of pyridine rings is 1. The fourth-order valence-electron chi connectivity index (χ4n) is 3.91. The first kappa shape index (κ1) is 17.6. The van der Waals surface area contributed by atoms with Crippen molar-refractivity contribution in [1.29, 1.82) is 0 Å². The molecule has 3 saturated heterocycles. The molecule has 4 heterocycles. The molecule has 0 radical (unpaired) electrons. The van der Waals surface area contributed by atoms with Gasteiger partial charge in [-0.1, -0.05) is 6.07 Å². The van der Waals surface area contributed by atoms with E-state index in [9.17, 15) is 18.4 Å². The van der Waals surface area contributed by atoms with Crippen molar-refractivity contribution in [2.45, 2.75) is 25.4 Å². The summed E-state index contributed by atoms with van der Waals surface area (Å²) in [7, 11) is 0. The Hall–Kier alpha value is -2.83. The lowest BCUT2D eigenvalue weighted by Crippen LogP contribution is -2.47. The first-order valence-corrected chi connectivity index (χ1v) is 8.97. The third-order valence-corrected chi connectivity index (χ3v) is 5.30. The molecule has 7 heteroatoms. The normalized spacial score (nSPS) is 22.1. The Labute approximate surface area is 155 Å². The molecule has 0 aliphatic carbocycles. The van der Waals surface area contributed by atoms with Crippen LogP contribution < -0.4 is 0 Å². The smallest absolute Gasteiger partial charge is 0.256 e. The minimum absolute atomic E-state index is 0.00628. The summed E-state index contributed by atoms with van der Waals surface area (Å²) in [5, 5.41) is 0. The van der Waals surface area contributed by atoms with Crippen LogP contribution in [0.1, 0.15) is 28.9 Å². The summed E-state index contributed by atoms with van der Waals surface area (Å²) >= 11 is 0. The second-order valence-corrected chi connectivity index (χ2v) is 7.05. The second-order valence-electron chi connectivity index (χ2n) is 7.05. The van der Waals surface area contributed by atoms with Gasteiger partial charge in [0.1, 0.15) is 11.6 Å². The van der Waals surface area contributed by atoms with E-state index in [1.54, 1.807) is 11.1 Å². The van der Waals surface area contributed by atoms with Crippen molar-refractivity contribution in [2.75, 3.05) is 13.1 Å². The van der Waals surface area contributed by atoms with Crippen LogP contribution in [0.15, 0.2) is 42.6 Å². The van der Waals surface area contributed by atoms with E-state index in [1.165, 1.54) is 4.90 Å². The van der Waals surface area contributed by atoms with E-state index in [4.69, 9.17) is 0 Å². The van der Waals surface area contributed by atoms with Gasteiger partial charge in [-0.15, -0.1) is 0 Å². The summed E-state index contributed by atoms with van der Waals surface area (Å²) in [5.41, 5.74) is 0.627. The highest BCUT2D eigenvalue weighted by Gasteiger charge is 2.42. The lowest BCUT2D eigenvalue weighted by Gasteiger charge is -2.35. The topological polar surface area (TPSA) is 53.5 Å². The molecule has 1 aromatic carbocycles. The molecule has 5 rings (SSSR count). The third-order valence-electron chi connectivity index (χ3n) is 5.30. The molecule has 0 spiro atoms. The van der Waals surface area contributed by atoms with Crippen molar-refractivity contribution >= 4 is 11.8 Å². The van der Waals surface area contributed by atoms with E-state index in [2.05, 4.69) is 4.98 Å². The number of benzene rings is 1. The molecule has 1 aromatic heterocycles. The summed E-state index contributed by atoms with van der Waals surface area (Å²) < 4.78 is 27.2. The zero-order valence-electron chi connectivity index (χ0n) is 14.6. The highest BCUT2D eigenvalue weighted by molar-refractivity contribution is 5.95. The van der Waals surface area contributed by atoms with Crippen molar-refractivity contribution in [2.24, 2.45) is 5.92 Å². The first-order valence-electron chi connectivity index (χ1n) is 8.97. The number of aromatic nitrogens is 1. The Morgan fingerprint density at radius 2 is 2.00 bits per heavy atom. The SMILES string of the molecule is O=C(c1ccc(F)cc1F)N1CC2CCC(C1)N(Cc1ccccn1)C2=O. The number of hydrogen-bond donors (Lipinski definition) is 0. The van der Waals surface area contributed by atoms with Crippen molar-refractivity contribution < 1.29 is 18.4 Å². The van der Waals surface area contributed by atoms with Gasteiger partial charge in [0.05, 0.1) is 23.7 Å². The molecule has 140 valence electrons. The molecule has 2 unspecified atom stereocenters. The third kappa shape index (κ3) is 3.41. The summed E-state index contributed by atoms with van der Waals surface area (Å²) in [6, 6.07) is 8.36. The van der Waals surface area contributed by atoms with Crippen LogP contribution in [-0.2, 0) is 11.3 Å². The van der Waals surface area contributed by atoms with Crippen molar-refractivity contribution in [1.82, 2.24) is 14.8 Å². The zero-order chi connectivity index (χ0) is 19.0. The summed E-state index contributed by atoms with van der Waals surface area (Å²) in [4.78, 5) is 33.2. The van der Waals surface area contributed by atoms with Gasteiger partial charge in [0.15, 0.2) is 0 Å². The average molecular weight is 371 g/mol. The van der Waals surface area contributed by atoms with Gasteiger partial charge in [0.2, 0.25) is 5.91 Å². The minimum Gasteiger partial charge on any atom is -0.336 e. The first-order chi connectivity index (χ1) is 13.0. The van der Waals surface area contributed by atoms with Crippen LogP contribution in [0.5, 0.6) is 0 Å². The maximum atomic E-state index is 14.0. The predicted molar refractivity (Wildman–Crippen MR) is 93.6 cm³/mol. The summed E-state index contributed by atoms with van der Waals surface area (Å²) in [6.07, 6.45) is 3.18. The standard InChI is InChI=1S/C20H19F2N3O2/c21-14-5-7-17(18(22)9-14)20(27)24-10-13-4-6-16(12-24)25(19(13)26)11-15-3-1-2-8-23-15/h1-3,5,7-9,13,16H,4,6,10-12H2. The van der Waals surface area contributed by atoms with Gasteiger partial charge < -0.3 is 9.80 Å². The van der Waals surface area contributed by atoms with Crippen molar-refractivity contribution in [3.8, 4) is 0 Å². The van der Waals surface area contributed by atoms with E-state index in [0.717, 1.165) is 24.2 Å². The molecule has 2 atom stereocenters. The van der Waals surface area contributed by atoms with E-state index < -0.39 is 17.5 Å². The van der Waals surface area contributed by atoms with Gasteiger partial charge in [-0.25, -0.2) is 8.78 Å². The summed E-state index contributed by atoms with van der Waals surface area (Å²) in [5.74, 6) is -2.41. The van der Waals surface area contributed by atoms with Crippen LogP contribution >= 0.6 is 0 Å². The highest BCUT2D eigenvalue weighted by atomic mass is 19.1. The number of halogens is 2. The summed E-state index contributed by atoms with van der Waals surface area (Å²) in [6.45, 7) is 0.988. The van der Waals surface area contributed by atoms with Gasteiger partial charge in [-0.2, -0.15) is 0 Å². The predicted octanol–water partition coefficient (Wildman–Crippen LogP) is 2.62. The van der Waals surface area contributed by atoms with E-state index in [-0.39, 0.29) is 30.0 Å². The number of hydrogen-bond acceptors (Lipinski definition) is 3. The van der Waals surface area contributed by atoms with Crippen LogP contribution in [0.25, 0.3) is 0 Å². The number of piperidine rings is 1. The van der Waals surface area contributed by atoms with Crippen LogP contribution in [0.4, 0.5) is 8.78 Å². The number of carbonyl (C=O) groups excluding carboxylic acids is 2. The van der Waals surface area contributed by atoms with Gasteiger partial charge in [0.25, 0.3) is 5.91 Å². The molecular weight excluding hydrogens is 352 g/mol. The fraction of sp³-hybridized carbons (Fsp3) is 0.350. The molecule has 2 amide bonds. The minimum atomic E-state index is -0.881. The Balaban J connectivity index is 1.57. The number of fused-ring (bicyclic) bond motifs is 4. The molecule has 3 aliphatic rings. The molecule has 0 saturated carbocycles. The Morgan fingerprint density at radius 3 is 2.74 bits per heavy atom. The number of carbonyl (C=O) groups is 2. The molecular formula is C20H19F2N3O2. The molecule has 2 aromatic rings. The monoisotopic (exact) mass is 371 g/mol. The van der Waals surface area contributed by atoms with Crippen LogP contribution in [-0.4, -0.2) is 45.7 Å². The lowest BCUT2D eigenvalue weighted by molar-refractivity contribution is -0.140. The van der Waals surface area contributed by atoms with Crippen LogP contribution in [0, 0.1) is 17.6 Å². The maximum Gasteiger partial charge on any atom is 0.256 e. The van der Waals surface area contributed by atoms with Crippen LogP contribution in [0.2, 0.25) is 0 Å². The fourth-order valence-corrected chi connectivity index (χ4v) is 3.91. The Kier molecular flexibility index (Phi) is 4.59. The Morgan fingerprint density at radius 1 is 1.15 bits per heavy atom. The molecule has 27 heavy (non-hydrogen) atoms. The van der Waals surface area contributed by atoms with Gasteiger partial charge in [-0.3, -0.25) is 14.6 Å². The lowest BCUT2D eigenvalue weighted by atomic mass is 9.94. The highest BCUT2D eigenvalue weighted by Crippen LogP contribution is 2.31. The van der Waals surface area contributed by atoms with Crippen molar-refractivity contribution in [3.63, 3.8) is 0 Å². The largest absolute Gasteiger partial charge is 0.336 e.